The summed E-state index contributed by atoms with van der Waals surface area (Å²) < 4.78 is 56.9. The molecule has 0 N–H and O–H groups in total. The SMILES string of the molecule is [CH2]c1cc(-c2ccc(F)cc2F)n(S(=O)(=O)c2cccc(-c3cnn(C)c3)c2)c1. The van der Waals surface area contributed by atoms with Crippen LogP contribution in [0.25, 0.3) is 22.4 Å². The molecule has 2 aromatic heterocycles. The molecule has 29 heavy (non-hydrogen) atoms. The Bertz CT molecular complexity index is 1320. The van der Waals surface area contributed by atoms with Gasteiger partial charge in [0.1, 0.15) is 11.6 Å². The Balaban J connectivity index is 1.85. The first-order valence-corrected chi connectivity index (χ1v) is 10.0. The van der Waals surface area contributed by atoms with Crippen LogP contribution in [-0.4, -0.2) is 22.2 Å². The molecule has 8 heteroatoms. The van der Waals surface area contributed by atoms with E-state index in [0.29, 0.717) is 17.2 Å². The van der Waals surface area contributed by atoms with Gasteiger partial charge in [0.2, 0.25) is 0 Å². The van der Waals surface area contributed by atoms with E-state index < -0.39 is 21.7 Å². The highest BCUT2D eigenvalue weighted by molar-refractivity contribution is 7.90. The van der Waals surface area contributed by atoms with Crippen molar-refractivity contribution in [3.8, 4) is 22.4 Å². The van der Waals surface area contributed by atoms with Gasteiger partial charge in [-0.1, -0.05) is 12.1 Å². The summed E-state index contributed by atoms with van der Waals surface area (Å²) in [4.78, 5) is 0.0261. The highest BCUT2D eigenvalue weighted by Crippen LogP contribution is 2.30. The zero-order valence-electron chi connectivity index (χ0n) is 15.4. The van der Waals surface area contributed by atoms with E-state index in [9.17, 15) is 17.2 Å². The quantitative estimate of drug-likeness (QED) is 0.504. The number of benzene rings is 2. The van der Waals surface area contributed by atoms with E-state index in [1.807, 2.05) is 0 Å². The van der Waals surface area contributed by atoms with E-state index in [2.05, 4.69) is 12.0 Å². The molecule has 0 saturated heterocycles. The molecule has 0 fully saturated rings. The monoisotopic (exact) mass is 412 g/mol. The van der Waals surface area contributed by atoms with Gasteiger partial charge in [0.25, 0.3) is 10.0 Å². The maximum absolute atomic E-state index is 14.3. The minimum Gasteiger partial charge on any atom is -0.275 e. The lowest BCUT2D eigenvalue weighted by molar-refractivity contribution is 0.583. The summed E-state index contributed by atoms with van der Waals surface area (Å²) in [6.45, 7) is 3.76. The number of halogens is 2. The van der Waals surface area contributed by atoms with E-state index in [-0.39, 0.29) is 16.2 Å². The molecule has 0 unspecified atom stereocenters. The lowest BCUT2D eigenvalue weighted by Gasteiger charge is -2.12. The van der Waals surface area contributed by atoms with Gasteiger partial charge in [-0.2, -0.15) is 5.10 Å². The van der Waals surface area contributed by atoms with Crippen molar-refractivity contribution in [1.29, 1.82) is 0 Å². The summed E-state index contributed by atoms with van der Waals surface area (Å²) in [5.41, 5.74) is 1.86. The molecule has 147 valence electrons. The van der Waals surface area contributed by atoms with Crippen LogP contribution >= 0.6 is 0 Å². The Kier molecular flexibility index (Phi) is 4.58. The molecule has 5 nitrogen and oxygen atoms in total. The van der Waals surface area contributed by atoms with Gasteiger partial charge in [-0.05, 0) is 48.4 Å². The van der Waals surface area contributed by atoms with Crippen molar-refractivity contribution in [3.05, 3.63) is 91.2 Å². The van der Waals surface area contributed by atoms with Gasteiger partial charge < -0.3 is 0 Å². The molecule has 0 atom stereocenters. The first-order valence-electron chi connectivity index (χ1n) is 8.60. The second-order valence-corrected chi connectivity index (χ2v) is 8.40. The molecular formula is C21H16F2N3O2S. The summed E-state index contributed by atoms with van der Waals surface area (Å²) in [6.07, 6.45) is 4.72. The third-order valence-electron chi connectivity index (χ3n) is 4.48. The van der Waals surface area contributed by atoms with E-state index in [0.717, 1.165) is 15.6 Å². The lowest BCUT2D eigenvalue weighted by Crippen LogP contribution is -2.13. The summed E-state index contributed by atoms with van der Waals surface area (Å²) in [7, 11) is -2.29. The fourth-order valence-corrected chi connectivity index (χ4v) is 4.55. The van der Waals surface area contributed by atoms with Gasteiger partial charge in [-0.15, -0.1) is 0 Å². The van der Waals surface area contributed by atoms with Crippen LogP contribution in [0.3, 0.4) is 0 Å². The van der Waals surface area contributed by atoms with Gasteiger partial charge in [-0.25, -0.2) is 21.2 Å². The van der Waals surface area contributed by atoms with Crippen LogP contribution < -0.4 is 0 Å². The number of hydrogen-bond acceptors (Lipinski definition) is 3. The molecule has 0 saturated carbocycles. The third-order valence-corrected chi connectivity index (χ3v) is 6.15. The number of rotatable bonds is 4. The minimum absolute atomic E-state index is 0.0261. The average Bonchev–Trinajstić information content (AvgIpc) is 3.28. The van der Waals surface area contributed by atoms with Gasteiger partial charge in [0.05, 0.1) is 16.8 Å². The Morgan fingerprint density at radius 2 is 1.79 bits per heavy atom. The van der Waals surface area contributed by atoms with Crippen molar-refractivity contribution in [2.24, 2.45) is 7.05 Å². The van der Waals surface area contributed by atoms with E-state index in [4.69, 9.17) is 0 Å². The molecule has 1 radical (unpaired) electrons. The van der Waals surface area contributed by atoms with Crippen molar-refractivity contribution < 1.29 is 17.2 Å². The Labute approximate surface area is 166 Å². The lowest BCUT2D eigenvalue weighted by atomic mass is 10.1. The zero-order chi connectivity index (χ0) is 20.8. The van der Waals surface area contributed by atoms with Crippen molar-refractivity contribution in [2.45, 2.75) is 4.90 Å². The van der Waals surface area contributed by atoms with Crippen LogP contribution in [0.4, 0.5) is 8.78 Å². The molecule has 2 aromatic carbocycles. The summed E-state index contributed by atoms with van der Waals surface area (Å²) in [5.74, 6) is -1.60. The van der Waals surface area contributed by atoms with Gasteiger partial charge >= 0.3 is 0 Å². The molecule has 0 amide bonds. The first-order chi connectivity index (χ1) is 13.8. The van der Waals surface area contributed by atoms with Crippen LogP contribution in [-0.2, 0) is 17.1 Å². The Hall–Kier alpha value is -3.26. The predicted molar refractivity (Wildman–Crippen MR) is 105 cm³/mol. The van der Waals surface area contributed by atoms with E-state index >= 15 is 0 Å². The highest BCUT2D eigenvalue weighted by Gasteiger charge is 2.23. The number of hydrogen-bond donors (Lipinski definition) is 0. The molecule has 4 rings (SSSR count). The normalized spacial score (nSPS) is 11.7. The summed E-state index contributed by atoms with van der Waals surface area (Å²) >= 11 is 0. The molecule has 0 spiro atoms. The zero-order valence-corrected chi connectivity index (χ0v) is 16.2. The summed E-state index contributed by atoms with van der Waals surface area (Å²) in [6, 6.07) is 10.8. The predicted octanol–water partition coefficient (Wildman–Crippen LogP) is 4.25. The first kappa shape index (κ1) is 19.1. The van der Waals surface area contributed by atoms with Crippen molar-refractivity contribution in [1.82, 2.24) is 13.8 Å². The number of aromatic nitrogens is 3. The topological polar surface area (TPSA) is 56.9 Å². The molecule has 0 aliphatic heterocycles. The molecule has 0 aliphatic carbocycles. The van der Waals surface area contributed by atoms with Crippen LogP contribution in [0.2, 0.25) is 0 Å². The van der Waals surface area contributed by atoms with Gasteiger partial charge in [0, 0.05) is 36.6 Å². The van der Waals surface area contributed by atoms with Crippen LogP contribution in [0.15, 0.2) is 72.0 Å². The van der Waals surface area contributed by atoms with Crippen LogP contribution in [0, 0.1) is 18.6 Å². The van der Waals surface area contributed by atoms with Gasteiger partial charge in [0.15, 0.2) is 0 Å². The van der Waals surface area contributed by atoms with E-state index in [1.54, 1.807) is 36.3 Å². The second-order valence-electron chi connectivity index (χ2n) is 6.59. The van der Waals surface area contributed by atoms with Crippen molar-refractivity contribution in [2.75, 3.05) is 0 Å². The number of nitrogens with zero attached hydrogens (tertiary/aromatic N) is 3. The fraction of sp³-hybridized carbons (Fsp3) is 0.0476. The average molecular weight is 412 g/mol. The van der Waals surface area contributed by atoms with Crippen molar-refractivity contribution in [3.63, 3.8) is 0 Å². The number of aryl methyl sites for hydroxylation is 1. The van der Waals surface area contributed by atoms with Crippen molar-refractivity contribution >= 4 is 10.0 Å². The van der Waals surface area contributed by atoms with Crippen LogP contribution in [0.5, 0.6) is 0 Å². The van der Waals surface area contributed by atoms with E-state index in [1.165, 1.54) is 30.5 Å². The standard InChI is InChI=1S/C21H16F2N3O2S/c1-14-8-21(19-7-6-17(22)10-20(19)23)26(12-14)29(27,28)18-5-3-4-15(9-18)16-11-24-25(2)13-16/h3-13H,1H2,2H3. The third kappa shape index (κ3) is 3.47. The molecule has 0 bridgehead atoms. The second kappa shape index (κ2) is 6.97. The Morgan fingerprint density at radius 1 is 1.00 bits per heavy atom. The molecule has 2 heterocycles. The van der Waals surface area contributed by atoms with Gasteiger partial charge in [-0.3, -0.25) is 4.68 Å². The highest BCUT2D eigenvalue weighted by atomic mass is 32.2. The maximum Gasteiger partial charge on any atom is 0.268 e. The smallest absolute Gasteiger partial charge is 0.268 e. The van der Waals surface area contributed by atoms with Crippen LogP contribution in [0.1, 0.15) is 5.56 Å². The molecule has 4 aromatic rings. The fourth-order valence-electron chi connectivity index (χ4n) is 3.11. The molecule has 0 aliphatic rings. The minimum atomic E-state index is -4.06. The largest absolute Gasteiger partial charge is 0.275 e. The Morgan fingerprint density at radius 3 is 2.48 bits per heavy atom. The summed E-state index contributed by atoms with van der Waals surface area (Å²) in [5, 5.41) is 4.10. The maximum atomic E-state index is 14.3. The molecular weight excluding hydrogens is 396 g/mol.